The van der Waals surface area contributed by atoms with Gasteiger partial charge in [-0.2, -0.15) is 5.26 Å². The van der Waals surface area contributed by atoms with Crippen molar-refractivity contribution in [3.05, 3.63) is 105 Å². The number of hydrogen-bond acceptors (Lipinski definition) is 6. The van der Waals surface area contributed by atoms with E-state index in [1.54, 1.807) is 6.07 Å². The Morgan fingerprint density at radius 1 is 1.05 bits per heavy atom. The molecule has 5 rings (SSSR count). The molecular weight excluding hydrogens is 622 g/mol. The Kier molecular flexibility index (Phi) is 9.56. The quantitative estimate of drug-likeness (QED) is 0.110. The van der Waals surface area contributed by atoms with E-state index in [4.69, 9.17) is 34.8 Å². The number of hydrogen-bond donors (Lipinski definition) is 2. The Morgan fingerprint density at radius 2 is 1.80 bits per heavy atom. The number of pyridine rings is 1. The second-order valence-corrected chi connectivity index (χ2v) is 11.9. The number of fused-ring (bicyclic) bond motifs is 1. The lowest BCUT2D eigenvalue weighted by molar-refractivity contribution is -0.906. The molecule has 0 aliphatic rings. The summed E-state index contributed by atoms with van der Waals surface area (Å²) in [5.74, 6) is -0.738. The van der Waals surface area contributed by atoms with Crippen LogP contribution in [0.1, 0.15) is 36.7 Å². The first-order valence-electron chi connectivity index (χ1n) is 14.1. The number of rotatable bonds is 11. The van der Waals surface area contributed by atoms with Gasteiger partial charge in [-0.25, -0.2) is 9.07 Å². The van der Waals surface area contributed by atoms with Gasteiger partial charge in [0.15, 0.2) is 5.82 Å². The lowest BCUT2D eigenvalue weighted by Gasteiger charge is -2.31. The van der Waals surface area contributed by atoms with Crippen LogP contribution in [0, 0.1) is 17.1 Å². The summed E-state index contributed by atoms with van der Waals surface area (Å²) in [5, 5.41) is 26.1. The number of quaternary nitrogens is 1. The first-order valence-corrected chi connectivity index (χ1v) is 15.3. The summed E-state index contributed by atoms with van der Waals surface area (Å²) in [5.41, 5.74) is 3.36. The number of aromatic nitrogens is 4. The first-order chi connectivity index (χ1) is 21.2. The van der Waals surface area contributed by atoms with Crippen LogP contribution >= 0.6 is 34.8 Å². The van der Waals surface area contributed by atoms with Gasteiger partial charge in [0.1, 0.15) is 11.8 Å². The Bertz CT molecular complexity index is 1830. The number of nitriles is 1. The van der Waals surface area contributed by atoms with Crippen molar-refractivity contribution in [1.29, 1.82) is 5.26 Å². The minimum absolute atomic E-state index is 0.0533. The second-order valence-electron chi connectivity index (χ2n) is 10.7. The van der Waals surface area contributed by atoms with Crippen molar-refractivity contribution in [3.63, 3.8) is 0 Å². The number of benzene rings is 3. The van der Waals surface area contributed by atoms with Gasteiger partial charge in [-0.05, 0) is 43.7 Å². The molecule has 226 valence electrons. The standard InChI is InChI=1S/C32H31Cl3FN8/c1-4-44(3,5-2)14-13-43-19-27(41-42-43)31(20-9-7-6-8-10-20)39-22-15-23-30(21(17-37)18-38-32(23)25(34)16-22)40-26-12-11-24(33)28(35)29(26)36/h6-12,15-16,18-19,31,39H,4-5,13-14H2,1-3H3,(H,38,40)/q+1/t31-/m0/s1. The van der Waals surface area contributed by atoms with Gasteiger partial charge in [-0.15, -0.1) is 5.10 Å². The predicted octanol–water partition coefficient (Wildman–Crippen LogP) is 8.23. The van der Waals surface area contributed by atoms with Crippen LogP contribution < -0.4 is 10.6 Å². The fourth-order valence-corrected chi connectivity index (χ4v) is 5.48. The summed E-state index contributed by atoms with van der Waals surface area (Å²) in [6, 6.07) is 18.2. The van der Waals surface area contributed by atoms with E-state index in [9.17, 15) is 5.26 Å². The molecule has 1 atom stereocenters. The molecule has 0 saturated heterocycles. The molecule has 0 aliphatic heterocycles. The molecule has 0 unspecified atom stereocenters. The molecule has 0 fully saturated rings. The zero-order valence-corrected chi connectivity index (χ0v) is 26.7. The average molecular weight is 653 g/mol. The van der Waals surface area contributed by atoms with Crippen molar-refractivity contribution in [1.82, 2.24) is 20.0 Å². The van der Waals surface area contributed by atoms with E-state index in [1.165, 1.54) is 18.3 Å². The summed E-state index contributed by atoms with van der Waals surface area (Å²) in [6.45, 7) is 8.12. The Morgan fingerprint density at radius 3 is 2.50 bits per heavy atom. The first kappa shape index (κ1) is 31.5. The number of likely N-dealkylation sites (N-methyl/N-ethyl adjacent to an activating group) is 1. The average Bonchev–Trinajstić information content (AvgIpc) is 3.52. The van der Waals surface area contributed by atoms with E-state index in [0.29, 0.717) is 27.3 Å². The Hall–Kier alpha value is -3.94. The highest BCUT2D eigenvalue weighted by atomic mass is 35.5. The van der Waals surface area contributed by atoms with Crippen LogP contribution in [0.5, 0.6) is 0 Å². The van der Waals surface area contributed by atoms with Crippen LogP contribution in [-0.4, -0.2) is 51.1 Å². The van der Waals surface area contributed by atoms with Crippen molar-refractivity contribution in [2.75, 3.05) is 37.3 Å². The highest BCUT2D eigenvalue weighted by Crippen LogP contribution is 2.38. The van der Waals surface area contributed by atoms with Gasteiger partial charge in [0, 0.05) is 17.3 Å². The van der Waals surface area contributed by atoms with Crippen LogP contribution in [0.2, 0.25) is 15.1 Å². The van der Waals surface area contributed by atoms with Crippen molar-refractivity contribution in [3.8, 4) is 6.07 Å². The summed E-state index contributed by atoms with van der Waals surface area (Å²) in [4.78, 5) is 4.41. The zero-order valence-electron chi connectivity index (χ0n) is 24.5. The molecule has 12 heteroatoms. The van der Waals surface area contributed by atoms with E-state index in [1.807, 2.05) is 47.3 Å². The minimum Gasteiger partial charge on any atom is -0.373 e. The molecule has 0 spiro atoms. The Labute approximate surface area is 270 Å². The summed E-state index contributed by atoms with van der Waals surface area (Å²) >= 11 is 18.8. The van der Waals surface area contributed by atoms with Crippen LogP contribution in [0.25, 0.3) is 10.9 Å². The third kappa shape index (κ3) is 6.59. The molecule has 8 nitrogen and oxygen atoms in total. The minimum atomic E-state index is -0.738. The fourth-order valence-electron chi connectivity index (χ4n) is 4.90. The summed E-state index contributed by atoms with van der Waals surface area (Å²) in [6.07, 6.45) is 3.35. The molecule has 3 aromatic carbocycles. The lowest BCUT2D eigenvalue weighted by Crippen LogP contribution is -2.45. The highest BCUT2D eigenvalue weighted by Gasteiger charge is 2.22. The molecule has 0 aliphatic carbocycles. The number of anilines is 3. The van der Waals surface area contributed by atoms with Gasteiger partial charge in [-0.1, -0.05) is 70.3 Å². The van der Waals surface area contributed by atoms with Crippen LogP contribution in [0.4, 0.5) is 21.5 Å². The van der Waals surface area contributed by atoms with Gasteiger partial charge in [-0.3, -0.25) is 4.98 Å². The van der Waals surface area contributed by atoms with Gasteiger partial charge in [0.05, 0.1) is 83.0 Å². The van der Waals surface area contributed by atoms with E-state index >= 15 is 4.39 Å². The maximum atomic E-state index is 15.0. The maximum Gasteiger partial charge on any atom is 0.166 e. The molecule has 2 N–H and O–H groups in total. The van der Waals surface area contributed by atoms with E-state index in [-0.39, 0.29) is 27.3 Å². The van der Waals surface area contributed by atoms with Gasteiger partial charge < -0.3 is 15.1 Å². The second kappa shape index (κ2) is 13.4. The zero-order chi connectivity index (χ0) is 31.4. The molecule has 5 aromatic rings. The Balaban J connectivity index is 1.54. The third-order valence-corrected chi connectivity index (χ3v) is 9.10. The van der Waals surface area contributed by atoms with Crippen LogP contribution in [0.3, 0.4) is 0 Å². The molecule has 0 saturated carbocycles. The van der Waals surface area contributed by atoms with Gasteiger partial charge in [0.25, 0.3) is 0 Å². The van der Waals surface area contributed by atoms with Gasteiger partial charge >= 0.3 is 0 Å². The van der Waals surface area contributed by atoms with E-state index < -0.39 is 5.82 Å². The lowest BCUT2D eigenvalue weighted by atomic mass is 10.0. The largest absolute Gasteiger partial charge is 0.373 e. The molecule has 0 amide bonds. The molecule has 2 aromatic heterocycles. The SMILES string of the molecule is CC[N+](C)(CC)CCn1cc([C@@H](Nc2cc(Cl)c3ncc(C#N)c(Nc4ccc(Cl)c(Cl)c4F)c3c2)c2ccccc2)nn1. The van der Waals surface area contributed by atoms with E-state index in [0.717, 1.165) is 41.9 Å². The smallest absolute Gasteiger partial charge is 0.166 e. The summed E-state index contributed by atoms with van der Waals surface area (Å²) in [7, 11) is 2.24. The molecule has 0 radical (unpaired) electrons. The van der Waals surface area contributed by atoms with Crippen molar-refractivity contribution < 1.29 is 8.87 Å². The van der Waals surface area contributed by atoms with Crippen molar-refractivity contribution >= 4 is 62.8 Å². The van der Waals surface area contributed by atoms with Crippen LogP contribution in [0.15, 0.2) is 67.0 Å². The molecular formula is C32H31Cl3FN8+. The number of nitrogens with zero attached hydrogens (tertiary/aromatic N) is 6. The molecule has 0 bridgehead atoms. The number of nitrogens with one attached hydrogen (secondary N) is 2. The number of halogens is 4. The van der Waals surface area contributed by atoms with Crippen molar-refractivity contribution in [2.45, 2.75) is 26.4 Å². The van der Waals surface area contributed by atoms with Crippen LogP contribution in [-0.2, 0) is 6.54 Å². The molecule has 2 heterocycles. The third-order valence-electron chi connectivity index (χ3n) is 8.03. The van der Waals surface area contributed by atoms with E-state index in [2.05, 4.69) is 52.9 Å². The monoisotopic (exact) mass is 651 g/mol. The normalized spacial score (nSPS) is 12.2. The summed E-state index contributed by atoms with van der Waals surface area (Å²) < 4.78 is 17.8. The fraction of sp³-hybridized carbons (Fsp3) is 0.250. The van der Waals surface area contributed by atoms with Gasteiger partial charge in [0.2, 0.25) is 0 Å². The molecule has 44 heavy (non-hydrogen) atoms. The van der Waals surface area contributed by atoms with Crippen molar-refractivity contribution in [2.24, 2.45) is 0 Å². The highest BCUT2D eigenvalue weighted by molar-refractivity contribution is 6.42. The predicted molar refractivity (Wildman–Crippen MR) is 175 cm³/mol. The topological polar surface area (TPSA) is 91.5 Å². The maximum absolute atomic E-state index is 15.0.